The van der Waals surface area contributed by atoms with E-state index >= 15 is 0 Å². The van der Waals surface area contributed by atoms with E-state index in [4.69, 9.17) is 11.5 Å². The number of rotatable bonds is 10. The van der Waals surface area contributed by atoms with Gasteiger partial charge in [0.25, 0.3) is 0 Å². The Morgan fingerprint density at radius 2 is 1.70 bits per heavy atom. The molecule has 0 fully saturated rings. The van der Waals surface area contributed by atoms with Crippen LogP contribution in [0.5, 0.6) is 0 Å². The molecule has 0 bridgehead atoms. The molecule has 4 nitrogen and oxygen atoms in total. The van der Waals surface area contributed by atoms with Crippen molar-refractivity contribution in [2.24, 2.45) is 5.73 Å². The van der Waals surface area contributed by atoms with Crippen LogP contribution in [0.25, 0.3) is 0 Å². The molecule has 0 aromatic heterocycles. The van der Waals surface area contributed by atoms with Crippen LogP contribution in [-0.4, -0.2) is 24.6 Å². The number of nitrogens with one attached hydrogen (secondary N) is 2. The molecule has 0 amide bonds. The second kappa shape index (κ2) is 11.4. The van der Waals surface area contributed by atoms with Gasteiger partial charge < -0.3 is 22.1 Å². The van der Waals surface area contributed by atoms with E-state index in [9.17, 15) is 0 Å². The zero-order valence-electron chi connectivity index (χ0n) is 11.4. The van der Waals surface area contributed by atoms with Crippen LogP contribution in [0.3, 0.4) is 0 Å². The quantitative estimate of drug-likeness (QED) is 0.230. The third kappa shape index (κ3) is 8.66. The predicted octanol–water partition coefficient (Wildman–Crippen LogP) is 2.64. The largest absolute Gasteiger partial charge is 0.405 e. The highest BCUT2D eigenvalue weighted by Crippen LogP contribution is 2.20. The second-order valence-electron chi connectivity index (χ2n) is 3.89. The molecule has 0 atom stereocenters. The van der Waals surface area contributed by atoms with Crippen LogP contribution < -0.4 is 22.1 Å². The molecule has 0 heterocycles. The molecule has 6 N–H and O–H groups in total. The van der Waals surface area contributed by atoms with Gasteiger partial charge in [0.05, 0.1) is 0 Å². The Morgan fingerprint density at radius 3 is 2.40 bits per heavy atom. The molecule has 0 unspecified atom stereocenters. The normalized spacial score (nSPS) is 11.2. The summed E-state index contributed by atoms with van der Waals surface area (Å²) in [4.78, 5) is 0. The lowest BCUT2D eigenvalue weighted by Gasteiger charge is -2.06. The fourth-order valence-electron chi connectivity index (χ4n) is 1.33. The van der Waals surface area contributed by atoms with E-state index in [0.29, 0.717) is 0 Å². The lowest BCUT2D eigenvalue weighted by molar-refractivity contribution is 0.931. The lowest BCUT2D eigenvalue weighted by atomic mass is 10.3. The number of hydrogen-bond acceptors (Lipinski definition) is 6. The van der Waals surface area contributed by atoms with Crippen LogP contribution in [0.2, 0.25) is 0 Å². The minimum atomic E-state index is 0.795. The fourth-order valence-corrected chi connectivity index (χ4v) is 3.16. The topological polar surface area (TPSA) is 76.1 Å². The Bertz CT molecular complexity index is 404. The summed E-state index contributed by atoms with van der Waals surface area (Å²) in [7, 11) is 3.75. The minimum Gasteiger partial charge on any atom is -0.405 e. The van der Waals surface area contributed by atoms with Gasteiger partial charge in [-0.25, -0.2) is 0 Å². The molecule has 0 aliphatic rings. The van der Waals surface area contributed by atoms with Crippen molar-refractivity contribution in [3.8, 4) is 0 Å². The second-order valence-corrected chi connectivity index (χ2v) is 6.59. The zero-order valence-corrected chi connectivity index (χ0v) is 13.1. The first-order valence-electron chi connectivity index (χ1n) is 6.43. The number of benzene rings is 1. The highest BCUT2D eigenvalue weighted by Gasteiger charge is 1.93. The van der Waals surface area contributed by atoms with E-state index in [1.807, 2.05) is 58.1 Å². The van der Waals surface area contributed by atoms with E-state index < -0.39 is 0 Å². The van der Waals surface area contributed by atoms with Crippen LogP contribution in [0.1, 0.15) is 0 Å². The van der Waals surface area contributed by atoms with Crippen molar-refractivity contribution < 1.29 is 0 Å². The average molecular weight is 310 g/mol. The summed E-state index contributed by atoms with van der Waals surface area (Å²) in [5.41, 5.74) is 12.8. The maximum Gasteiger partial charge on any atom is 0.0341 e. The summed E-state index contributed by atoms with van der Waals surface area (Å²) in [5.74, 6) is 2.14. The Morgan fingerprint density at radius 1 is 1.00 bits per heavy atom. The van der Waals surface area contributed by atoms with E-state index in [1.54, 1.807) is 6.08 Å². The highest BCUT2D eigenvalue weighted by atomic mass is 33.1. The zero-order chi connectivity index (χ0) is 14.5. The molecule has 0 aliphatic heterocycles. The molecule has 0 saturated carbocycles. The van der Waals surface area contributed by atoms with Gasteiger partial charge >= 0.3 is 0 Å². The van der Waals surface area contributed by atoms with Gasteiger partial charge in [-0.05, 0) is 48.8 Å². The Hall–Kier alpha value is -1.40. The molecular formula is C14H22N4S2. The van der Waals surface area contributed by atoms with Gasteiger partial charge in [0, 0.05) is 36.0 Å². The molecule has 0 radical (unpaired) electrons. The maximum absolute atomic E-state index is 5.63. The van der Waals surface area contributed by atoms with Crippen molar-refractivity contribution in [1.82, 2.24) is 5.32 Å². The summed E-state index contributed by atoms with van der Waals surface area (Å²) in [5, 5.41) is 6.55. The van der Waals surface area contributed by atoms with Gasteiger partial charge in [-0.1, -0.05) is 21.6 Å². The average Bonchev–Trinajstić information content (AvgIpc) is 2.47. The number of hydrogen-bond donors (Lipinski definition) is 4. The van der Waals surface area contributed by atoms with Crippen LogP contribution in [0.4, 0.5) is 11.4 Å². The molecule has 0 aliphatic carbocycles. The smallest absolute Gasteiger partial charge is 0.0341 e. The van der Waals surface area contributed by atoms with Crippen LogP contribution in [0, 0.1) is 0 Å². The Balaban J connectivity index is 1.91. The van der Waals surface area contributed by atoms with E-state index in [-0.39, 0.29) is 0 Å². The van der Waals surface area contributed by atoms with Crippen LogP contribution in [-0.2, 0) is 0 Å². The third-order valence-electron chi connectivity index (χ3n) is 2.27. The Kier molecular flexibility index (Phi) is 9.52. The summed E-state index contributed by atoms with van der Waals surface area (Å²) < 4.78 is 0. The van der Waals surface area contributed by atoms with Gasteiger partial charge in [-0.3, -0.25) is 0 Å². The maximum atomic E-state index is 5.63. The van der Waals surface area contributed by atoms with E-state index in [2.05, 4.69) is 10.6 Å². The monoisotopic (exact) mass is 310 g/mol. The van der Waals surface area contributed by atoms with Crippen molar-refractivity contribution in [2.75, 3.05) is 35.6 Å². The number of nitrogens with two attached hydrogens (primary N) is 2. The SMILES string of the molecule is N/C=C/C=C/NCCSSCCNc1ccc(N)cc1. The molecule has 1 rings (SSSR count). The van der Waals surface area contributed by atoms with Crippen LogP contribution >= 0.6 is 21.6 Å². The highest BCUT2D eigenvalue weighted by molar-refractivity contribution is 8.76. The van der Waals surface area contributed by atoms with Crippen molar-refractivity contribution >= 4 is 33.0 Å². The van der Waals surface area contributed by atoms with Crippen molar-refractivity contribution in [1.29, 1.82) is 0 Å². The van der Waals surface area contributed by atoms with E-state index in [0.717, 1.165) is 36.0 Å². The molecule has 0 saturated heterocycles. The van der Waals surface area contributed by atoms with Gasteiger partial charge in [0.1, 0.15) is 0 Å². The Labute approximate surface area is 128 Å². The number of nitrogen functional groups attached to an aromatic ring is 1. The van der Waals surface area contributed by atoms with E-state index in [1.165, 1.54) is 6.20 Å². The molecule has 0 spiro atoms. The van der Waals surface area contributed by atoms with Crippen LogP contribution in [0.15, 0.2) is 48.8 Å². The standard InChI is InChI=1S/C14H22N4S2/c15-7-1-2-8-17-9-11-19-20-12-10-18-14-5-3-13(16)4-6-14/h1-8,17-18H,9-12,15-16H2/b7-1+,8-2+. The summed E-state index contributed by atoms with van der Waals surface area (Å²) >= 11 is 0. The predicted molar refractivity (Wildman–Crippen MR) is 94.7 cm³/mol. The summed E-state index contributed by atoms with van der Waals surface area (Å²) in [6.07, 6.45) is 7.08. The first kappa shape index (κ1) is 16.7. The molecule has 20 heavy (non-hydrogen) atoms. The van der Waals surface area contributed by atoms with Gasteiger partial charge in [0.15, 0.2) is 0 Å². The first-order chi connectivity index (χ1) is 9.83. The molecule has 1 aromatic carbocycles. The summed E-state index contributed by atoms with van der Waals surface area (Å²) in [6, 6.07) is 7.81. The minimum absolute atomic E-state index is 0.795. The molecule has 110 valence electrons. The molecule has 6 heteroatoms. The van der Waals surface area contributed by atoms with Gasteiger partial charge in [-0.15, -0.1) is 0 Å². The van der Waals surface area contributed by atoms with Crippen molar-refractivity contribution in [3.63, 3.8) is 0 Å². The van der Waals surface area contributed by atoms with Crippen molar-refractivity contribution in [3.05, 3.63) is 48.8 Å². The molecular weight excluding hydrogens is 288 g/mol. The number of anilines is 2. The number of allylic oxidation sites excluding steroid dienone is 2. The van der Waals surface area contributed by atoms with Crippen molar-refractivity contribution in [2.45, 2.75) is 0 Å². The lowest BCUT2D eigenvalue weighted by Crippen LogP contribution is -2.08. The fraction of sp³-hybridized carbons (Fsp3) is 0.286. The first-order valence-corrected chi connectivity index (χ1v) is 8.92. The van der Waals surface area contributed by atoms with Gasteiger partial charge in [0.2, 0.25) is 0 Å². The molecule has 1 aromatic rings. The van der Waals surface area contributed by atoms with Gasteiger partial charge in [-0.2, -0.15) is 0 Å². The summed E-state index contributed by atoms with van der Waals surface area (Å²) in [6.45, 7) is 1.91. The third-order valence-corrected chi connectivity index (χ3v) is 4.68.